The van der Waals surface area contributed by atoms with Crippen LogP contribution in [0.1, 0.15) is 39.0 Å². The lowest BCUT2D eigenvalue weighted by atomic mass is 9.99. The molecule has 1 rings (SSSR count). The molecule has 5 heteroatoms. The molecule has 0 radical (unpaired) electrons. The minimum absolute atomic E-state index is 0.153. The van der Waals surface area contributed by atoms with Crippen molar-refractivity contribution in [1.29, 1.82) is 0 Å². The Balaban J connectivity index is 2.08. The molecule has 0 aromatic heterocycles. The Kier molecular flexibility index (Phi) is 6.12. The second-order valence-electron chi connectivity index (χ2n) is 4.78. The van der Waals surface area contributed by atoms with Gasteiger partial charge in [0.2, 0.25) is 0 Å². The minimum Gasteiger partial charge on any atom is -0.316 e. The molecule has 4 nitrogen and oxygen atoms in total. The van der Waals surface area contributed by atoms with Gasteiger partial charge >= 0.3 is 0 Å². The molecule has 0 spiro atoms. The summed E-state index contributed by atoms with van der Waals surface area (Å²) in [4.78, 5) is 11.6. The number of sulfone groups is 1. The van der Waals surface area contributed by atoms with Crippen LogP contribution in [0.5, 0.6) is 0 Å². The molecule has 100 valence electrons. The summed E-state index contributed by atoms with van der Waals surface area (Å²) < 4.78 is 22.5. The maximum absolute atomic E-state index is 11.6. The van der Waals surface area contributed by atoms with E-state index in [1.165, 1.54) is 0 Å². The average Bonchev–Trinajstić information content (AvgIpc) is 2.79. The van der Waals surface area contributed by atoms with Crippen LogP contribution in [0.15, 0.2) is 0 Å². The van der Waals surface area contributed by atoms with Gasteiger partial charge in [-0.1, -0.05) is 6.92 Å². The molecule has 1 fully saturated rings. The van der Waals surface area contributed by atoms with Crippen molar-refractivity contribution in [3.05, 3.63) is 0 Å². The van der Waals surface area contributed by atoms with Gasteiger partial charge in [-0.05, 0) is 38.3 Å². The summed E-state index contributed by atoms with van der Waals surface area (Å²) in [6, 6.07) is 0. The second kappa shape index (κ2) is 7.11. The van der Waals surface area contributed by atoms with Gasteiger partial charge in [-0.2, -0.15) is 0 Å². The van der Waals surface area contributed by atoms with Crippen LogP contribution in [0.3, 0.4) is 0 Å². The predicted octanol–water partition coefficient (Wildman–Crippen LogP) is 1.16. The molecule has 0 aliphatic carbocycles. The Morgan fingerprint density at radius 2 is 2.12 bits per heavy atom. The summed E-state index contributed by atoms with van der Waals surface area (Å²) in [5.41, 5.74) is 0. The van der Waals surface area contributed by atoms with Crippen LogP contribution in [0.2, 0.25) is 0 Å². The maximum atomic E-state index is 11.6. The number of hydrogen-bond acceptors (Lipinski definition) is 4. The van der Waals surface area contributed by atoms with Crippen molar-refractivity contribution in [3.63, 3.8) is 0 Å². The monoisotopic (exact) mass is 261 g/mol. The Morgan fingerprint density at radius 3 is 2.71 bits per heavy atom. The van der Waals surface area contributed by atoms with Crippen molar-refractivity contribution in [2.75, 3.05) is 24.6 Å². The normalized spacial score (nSPS) is 20.6. The van der Waals surface area contributed by atoms with Gasteiger partial charge in [0, 0.05) is 18.6 Å². The molecule has 0 bridgehead atoms. The van der Waals surface area contributed by atoms with Crippen LogP contribution in [0.4, 0.5) is 0 Å². The first-order chi connectivity index (χ1) is 8.03. The molecule has 0 aromatic rings. The van der Waals surface area contributed by atoms with Gasteiger partial charge in [0.25, 0.3) is 0 Å². The van der Waals surface area contributed by atoms with E-state index in [9.17, 15) is 13.2 Å². The number of hydrogen-bond donors (Lipinski definition) is 1. The Morgan fingerprint density at radius 1 is 1.35 bits per heavy atom. The zero-order chi connectivity index (χ0) is 12.7. The van der Waals surface area contributed by atoms with E-state index in [-0.39, 0.29) is 17.3 Å². The summed E-state index contributed by atoms with van der Waals surface area (Å²) in [6.45, 7) is 3.73. The smallest absolute Gasteiger partial charge is 0.150 e. The van der Waals surface area contributed by atoms with E-state index in [0.29, 0.717) is 25.2 Å². The third-order valence-corrected chi connectivity index (χ3v) is 5.13. The highest BCUT2D eigenvalue weighted by Gasteiger charge is 2.16. The third-order valence-electron chi connectivity index (χ3n) is 3.34. The molecule has 17 heavy (non-hydrogen) atoms. The molecule has 1 saturated heterocycles. The van der Waals surface area contributed by atoms with E-state index in [4.69, 9.17) is 0 Å². The van der Waals surface area contributed by atoms with Gasteiger partial charge < -0.3 is 5.32 Å². The van der Waals surface area contributed by atoms with Gasteiger partial charge in [0.1, 0.15) is 15.6 Å². The molecule has 0 amide bonds. The summed E-state index contributed by atoms with van der Waals surface area (Å²) in [7, 11) is -2.91. The SMILES string of the molecule is CCS(=O)(=O)CCCC(=O)CCC1CCNC1. The first kappa shape index (κ1) is 14.6. The molecule has 1 aliphatic rings. The van der Waals surface area contributed by atoms with E-state index in [1.54, 1.807) is 6.92 Å². The fourth-order valence-corrected chi connectivity index (χ4v) is 2.96. The molecule has 0 saturated carbocycles. The highest BCUT2D eigenvalue weighted by molar-refractivity contribution is 7.91. The van der Waals surface area contributed by atoms with Crippen LogP contribution >= 0.6 is 0 Å². The number of Topliss-reactive ketones (excluding diaryl/α,β-unsaturated/α-hetero) is 1. The highest BCUT2D eigenvalue weighted by Crippen LogP contribution is 2.15. The van der Waals surface area contributed by atoms with Crippen LogP contribution in [0, 0.1) is 5.92 Å². The Bertz CT molecular complexity index is 332. The quantitative estimate of drug-likeness (QED) is 0.712. The zero-order valence-electron chi connectivity index (χ0n) is 10.6. The molecular weight excluding hydrogens is 238 g/mol. The number of nitrogens with one attached hydrogen (secondary N) is 1. The number of rotatable bonds is 8. The molecule has 0 aromatic carbocycles. The van der Waals surface area contributed by atoms with Crippen LogP contribution < -0.4 is 5.32 Å². The fraction of sp³-hybridized carbons (Fsp3) is 0.917. The Hall–Kier alpha value is -0.420. The summed E-state index contributed by atoms with van der Waals surface area (Å²) in [6.07, 6.45) is 3.62. The van der Waals surface area contributed by atoms with E-state index in [1.807, 2.05) is 0 Å². The molecular formula is C12H23NO3S. The zero-order valence-corrected chi connectivity index (χ0v) is 11.4. The van der Waals surface area contributed by atoms with Crippen molar-refractivity contribution in [2.45, 2.75) is 39.0 Å². The average molecular weight is 261 g/mol. The molecule has 1 heterocycles. The van der Waals surface area contributed by atoms with E-state index >= 15 is 0 Å². The first-order valence-electron chi connectivity index (χ1n) is 6.46. The lowest BCUT2D eigenvalue weighted by Crippen LogP contribution is -2.12. The van der Waals surface area contributed by atoms with Crippen molar-refractivity contribution < 1.29 is 13.2 Å². The standard InChI is InChI=1S/C12H23NO3S/c1-2-17(15,16)9-3-4-12(14)6-5-11-7-8-13-10-11/h11,13H,2-10H2,1H3. The van der Waals surface area contributed by atoms with Gasteiger partial charge in [0.05, 0.1) is 5.75 Å². The van der Waals surface area contributed by atoms with E-state index in [0.717, 1.165) is 25.9 Å². The topological polar surface area (TPSA) is 63.2 Å². The van der Waals surface area contributed by atoms with E-state index < -0.39 is 9.84 Å². The van der Waals surface area contributed by atoms with Crippen molar-refractivity contribution >= 4 is 15.6 Å². The largest absolute Gasteiger partial charge is 0.316 e. The summed E-state index contributed by atoms with van der Waals surface area (Å²) >= 11 is 0. The fourth-order valence-electron chi connectivity index (χ4n) is 2.08. The van der Waals surface area contributed by atoms with Crippen molar-refractivity contribution in [1.82, 2.24) is 5.32 Å². The first-order valence-corrected chi connectivity index (χ1v) is 8.28. The van der Waals surface area contributed by atoms with Crippen molar-refractivity contribution in [3.8, 4) is 0 Å². The van der Waals surface area contributed by atoms with Gasteiger partial charge in [-0.25, -0.2) is 8.42 Å². The maximum Gasteiger partial charge on any atom is 0.150 e. The predicted molar refractivity (Wildman–Crippen MR) is 68.8 cm³/mol. The molecule has 1 atom stereocenters. The molecule has 1 aliphatic heterocycles. The van der Waals surface area contributed by atoms with Gasteiger partial charge in [0.15, 0.2) is 0 Å². The lowest BCUT2D eigenvalue weighted by molar-refractivity contribution is -0.119. The van der Waals surface area contributed by atoms with Gasteiger partial charge in [-0.15, -0.1) is 0 Å². The second-order valence-corrected chi connectivity index (χ2v) is 7.25. The molecule has 1 N–H and O–H groups in total. The number of carbonyl (C=O) groups is 1. The Labute approximate surface area is 104 Å². The van der Waals surface area contributed by atoms with Crippen LogP contribution in [-0.2, 0) is 14.6 Å². The minimum atomic E-state index is -2.91. The highest BCUT2D eigenvalue weighted by atomic mass is 32.2. The molecule has 1 unspecified atom stereocenters. The van der Waals surface area contributed by atoms with Crippen LogP contribution in [-0.4, -0.2) is 38.8 Å². The van der Waals surface area contributed by atoms with Gasteiger partial charge in [-0.3, -0.25) is 4.79 Å². The van der Waals surface area contributed by atoms with E-state index in [2.05, 4.69) is 5.32 Å². The van der Waals surface area contributed by atoms with Crippen LogP contribution in [0.25, 0.3) is 0 Å². The summed E-state index contributed by atoms with van der Waals surface area (Å²) in [5, 5.41) is 3.28. The number of carbonyl (C=O) groups excluding carboxylic acids is 1. The number of ketones is 1. The van der Waals surface area contributed by atoms with Crippen molar-refractivity contribution in [2.24, 2.45) is 5.92 Å². The summed E-state index contributed by atoms with van der Waals surface area (Å²) in [5.74, 6) is 1.18. The lowest BCUT2D eigenvalue weighted by Gasteiger charge is -2.06. The third kappa shape index (κ3) is 6.17.